The maximum atomic E-state index is 12.5. The lowest BCUT2D eigenvalue weighted by atomic mass is 9.74. The first-order valence-electron chi connectivity index (χ1n) is 9.75. The van der Waals surface area contributed by atoms with E-state index in [0.29, 0.717) is 24.1 Å². The number of amides is 1. The first kappa shape index (κ1) is 19.8. The van der Waals surface area contributed by atoms with Gasteiger partial charge in [0.25, 0.3) is 0 Å². The summed E-state index contributed by atoms with van der Waals surface area (Å²) in [6.07, 6.45) is 5.07. The van der Waals surface area contributed by atoms with Gasteiger partial charge in [0, 0.05) is 24.0 Å². The maximum absolute atomic E-state index is 12.5. The number of fused-ring (bicyclic) bond motifs is 2. The fraction of sp³-hybridized carbons (Fsp3) is 0.650. The summed E-state index contributed by atoms with van der Waals surface area (Å²) in [5.41, 5.74) is 1.82. The van der Waals surface area contributed by atoms with Gasteiger partial charge in [0.05, 0.1) is 18.1 Å². The van der Waals surface area contributed by atoms with Crippen molar-refractivity contribution >= 4 is 28.6 Å². The van der Waals surface area contributed by atoms with Crippen molar-refractivity contribution in [2.24, 2.45) is 16.8 Å². The molecule has 0 aromatic carbocycles. The molecular formula is C20H28N4O2S. The first-order valence-corrected chi connectivity index (χ1v) is 10.6. The third-order valence-electron chi connectivity index (χ3n) is 5.58. The SMILES string of the molecule is CCCNC(=O)[C@@H]1C[C@@H]2Cc3c(sc(N=COCC)c3C#N)C[C@H]2N(C)C1. The summed E-state index contributed by atoms with van der Waals surface area (Å²) in [6, 6.07) is 2.78. The lowest BCUT2D eigenvalue weighted by molar-refractivity contribution is -0.128. The number of rotatable bonds is 6. The summed E-state index contributed by atoms with van der Waals surface area (Å²) in [5, 5.41) is 13.5. The second-order valence-corrected chi connectivity index (χ2v) is 8.47. The number of piperidine rings is 1. The molecule has 2 aliphatic rings. The zero-order chi connectivity index (χ0) is 19.4. The minimum absolute atomic E-state index is 0.0315. The number of likely N-dealkylation sites (N-methyl/N-ethyl adjacent to an activating group) is 1. The average Bonchev–Trinajstić information content (AvgIpc) is 3.01. The Morgan fingerprint density at radius 3 is 3.00 bits per heavy atom. The van der Waals surface area contributed by atoms with Crippen molar-refractivity contribution in [2.75, 3.05) is 26.7 Å². The van der Waals surface area contributed by atoms with Gasteiger partial charge in [-0.2, -0.15) is 5.26 Å². The smallest absolute Gasteiger partial charge is 0.224 e. The molecule has 6 nitrogen and oxygen atoms in total. The van der Waals surface area contributed by atoms with Crippen LogP contribution in [-0.4, -0.2) is 50.0 Å². The van der Waals surface area contributed by atoms with Crippen molar-refractivity contribution in [3.63, 3.8) is 0 Å². The number of nitrogens with zero attached hydrogens (tertiary/aromatic N) is 3. The van der Waals surface area contributed by atoms with E-state index in [1.165, 1.54) is 11.3 Å². The van der Waals surface area contributed by atoms with Gasteiger partial charge in [0.15, 0.2) is 6.40 Å². The number of nitriles is 1. The summed E-state index contributed by atoms with van der Waals surface area (Å²) < 4.78 is 5.21. The van der Waals surface area contributed by atoms with Crippen LogP contribution in [-0.2, 0) is 22.4 Å². The lowest BCUT2D eigenvalue weighted by Gasteiger charge is -2.44. The van der Waals surface area contributed by atoms with E-state index in [1.54, 1.807) is 11.3 Å². The second kappa shape index (κ2) is 8.85. The van der Waals surface area contributed by atoms with Crippen LogP contribution in [0.5, 0.6) is 0 Å². The van der Waals surface area contributed by atoms with Crippen molar-refractivity contribution in [2.45, 2.75) is 45.6 Å². The average molecular weight is 389 g/mol. The number of hydrogen-bond donors (Lipinski definition) is 1. The Balaban J connectivity index is 1.80. The molecule has 2 heterocycles. The third kappa shape index (κ3) is 4.17. The van der Waals surface area contributed by atoms with Gasteiger partial charge in [-0.05, 0) is 51.1 Å². The molecule has 0 unspecified atom stereocenters. The van der Waals surface area contributed by atoms with Crippen LogP contribution >= 0.6 is 11.3 Å². The lowest BCUT2D eigenvalue weighted by Crippen LogP contribution is -2.53. The van der Waals surface area contributed by atoms with E-state index in [-0.39, 0.29) is 11.8 Å². The van der Waals surface area contributed by atoms with E-state index in [0.717, 1.165) is 49.3 Å². The van der Waals surface area contributed by atoms with Gasteiger partial charge >= 0.3 is 0 Å². The van der Waals surface area contributed by atoms with Crippen molar-refractivity contribution < 1.29 is 9.53 Å². The number of aliphatic imine (C=N–C) groups is 1. The number of carbonyl (C=O) groups is 1. The van der Waals surface area contributed by atoms with Crippen LogP contribution in [0, 0.1) is 23.2 Å². The van der Waals surface area contributed by atoms with Crippen molar-refractivity contribution in [1.29, 1.82) is 5.26 Å². The third-order valence-corrected chi connectivity index (χ3v) is 6.74. The van der Waals surface area contributed by atoms with Gasteiger partial charge in [-0.15, -0.1) is 11.3 Å². The fourth-order valence-electron chi connectivity index (χ4n) is 4.26. The Hall–Kier alpha value is -1.91. The summed E-state index contributed by atoms with van der Waals surface area (Å²) in [6.45, 7) is 6.08. The summed E-state index contributed by atoms with van der Waals surface area (Å²) in [5.74, 6) is 0.601. The number of hydrogen-bond acceptors (Lipinski definition) is 6. The molecule has 0 saturated carbocycles. The molecule has 1 N–H and O–H groups in total. The molecule has 27 heavy (non-hydrogen) atoms. The van der Waals surface area contributed by atoms with E-state index < -0.39 is 0 Å². The summed E-state index contributed by atoms with van der Waals surface area (Å²) in [4.78, 5) is 20.4. The molecule has 1 aromatic heterocycles. The Labute approximate surface area is 165 Å². The van der Waals surface area contributed by atoms with E-state index >= 15 is 0 Å². The quantitative estimate of drug-likeness (QED) is 0.600. The van der Waals surface area contributed by atoms with Gasteiger partial charge in [0.2, 0.25) is 5.91 Å². The molecule has 1 saturated heterocycles. The minimum atomic E-state index is 0.0315. The van der Waals surface area contributed by atoms with E-state index in [1.807, 2.05) is 6.92 Å². The molecule has 7 heteroatoms. The van der Waals surface area contributed by atoms with Crippen molar-refractivity contribution in [3.05, 3.63) is 16.0 Å². The molecule has 1 aromatic rings. The number of carbonyl (C=O) groups excluding carboxylic acids is 1. The van der Waals surface area contributed by atoms with Gasteiger partial charge in [-0.3, -0.25) is 4.79 Å². The summed E-state index contributed by atoms with van der Waals surface area (Å²) >= 11 is 1.61. The van der Waals surface area contributed by atoms with Gasteiger partial charge in [0.1, 0.15) is 11.1 Å². The topological polar surface area (TPSA) is 77.7 Å². The van der Waals surface area contributed by atoms with Crippen LogP contribution in [0.15, 0.2) is 4.99 Å². The van der Waals surface area contributed by atoms with Crippen LogP contribution in [0.2, 0.25) is 0 Å². The predicted molar refractivity (Wildman–Crippen MR) is 108 cm³/mol. The zero-order valence-electron chi connectivity index (χ0n) is 16.3. The van der Waals surface area contributed by atoms with Gasteiger partial charge < -0.3 is 15.0 Å². The van der Waals surface area contributed by atoms with Crippen molar-refractivity contribution in [1.82, 2.24) is 10.2 Å². The summed E-state index contributed by atoms with van der Waals surface area (Å²) in [7, 11) is 2.12. The molecule has 146 valence electrons. The second-order valence-electron chi connectivity index (χ2n) is 7.38. The van der Waals surface area contributed by atoms with Gasteiger partial charge in [-0.25, -0.2) is 4.99 Å². The highest BCUT2D eigenvalue weighted by Crippen LogP contribution is 2.44. The molecule has 0 spiro atoms. The van der Waals surface area contributed by atoms with Crippen LogP contribution in [0.25, 0.3) is 0 Å². The van der Waals surface area contributed by atoms with Crippen LogP contribution in [0.3, 0.4) is 0 Å². The standard InChI is InChI=1S/C20H28N4O2S/c1-4-6-22-19(25)14-7-13-8-15-16(10-21)20(23-12-26-5-2)27-18(15)9-17(13)24(3)11-14/h12-14,17H,4-9,11H2,1-3H3,(H,22,25)/t13-,14-,17-/m1/s1. The Bertz CT molecular complexity index is 752. The number of thiophene rings is 1. The van der Waals surface area contributed by atoms with E-state index in [4.69, 9.17) is 4.74 Å². The van der Waals surface area contributed by atoms with E-state index in [9.17, 15) is 10.1 Å². The number of nitrogens with one attached hydrogen (secondary N) is 1. The highest BCUT2D eigenvalue weighted by atomic mass is 32.1. The molecule has 1 amide bonds. The monoisotopic (exact) mass is 388 g/mol. The van der Waals surface area contributed by atoms with Crippen LogP contribution in [0.4, 0.5) is 5.00 Å². The Kier molecular flexibility index (Phi) is 6.51. The molecular weight excluding hydrogens is 360 g/mol. The number of likely N-dealkylation sites (tertiary alicyclic amines) is 1. The maximum Gasteiger partial charge on any atom is 0.224 e. The Morgan fingerprint density at radius 1 is 1.48 bits per heavy atom. The largest absolute Gasteiger partial charge is 0.483 e. The highest BCUT2D eigenvalue weighted by molar-refractivity contribution is 7.16. The molecule has 1 aliphatic carbocycles. The van der Waals surface area contributed by atoms with Gasteiger partial charge in [-0.1, -0.05) is 6.92 Å². The molecule has 0 radical (unpaired) electrons. The molecule has 1 aliphatic heterocycles. The molecule has 3 rings (SSSR count). The highest BCUT2D eigenvalue weighted by Gasteiger charge is 2.41. The first-order chi connectivity index (χ1) is 13.1. The molecule has 0 bridgehead atoms. The molecule has 1 fully saturated rings. The Morgan fingerprint density at radius 2 is 2.30 bits per heavy atom. The normalized spacial score (nSPS) is 24.9. The molecule has 3 atom stereocenters. The predicted octanol–water partition coefficient (Wildman–Crippen LogP) is 2.88. The number of ether oxygens (including phenoxy) is 1. The van der Waals surface area contributed by atoms with Crippen molar-refractivity contribution in [3.8, 4) is 6.07 Å². The van der Waals surface area contributed by atoms with Crippen LogP contribution in [0.1, 0.15) is 42.7 Å². The zero-order valence-corrected chi connectivity index (χ0v) is 17.1. The fourth-order valence-corrected chi connectivity index (χ4v) is 5.42. The van der Waals surface area contributed by atoms with Crippen LogP contribution < -0.4 is 5.32 Å². The minimum Gasteiger partial charge on any atom is -0.483 e. The van der Waals surface area contributed by atoms with E-state index in [2.05, 4.69) is 35.2 Å².